The molecule has 1 aliphatic carbocycles. The smallest absolute Gasteiger partial charge is 0.407 e. The lowest BCUT2D eigenvalue weighted by atomic mass is 9.68. The van der Waals surface area contributed by atoms with Gasteiger partial charge in [0, 0.05) is 18.0 Å². The molecule has 1 saturated carbocycles. The maximum absolute atomic E-state index is 12.9. The third-order valence-electron chi connectivity index (χ3n) is 5.90. The predicted octanol–water partition coefficient (Wildman–Crippen LogP) is 4.44. The van der Waals surface area contributed by atoms with Gasteiger partial charge in [-0.1, -0.05) is 42.5 Å². The number of rotatable bonds is 7. The normalized spacial score (nSPS) is 20.7. The van der Waals surface area contributed by atoms with Crippen LogP contribution in [0.15, 0.2) is 54.6 Å². The molecule has 0 aliphatic heterocycles. The maximum atomic E-state index is 12.9. The van der Waals surface area contributed by atoms with Crippen molar-refractivity contribution >= 4 is 12.0 Å². The quantitative estimate of drug-likeness (QED) is 0.689. The number of hydrogen-bond donors (Lipinski definition) is 2. The van der Waals surface area contributed by atoms with E-state index >= 15 is 0 Å². The number of benzene rings is 2. The molecule has 6 heteroatoms. The largest absolute Gasteiger partial charge is 0.496 e. The van der Waals surface area contributed by atoms with Crippen molar-refractivity contribution in [3.63, 3.8) is 0 Å². The van der Waals surface area contributed by atoms with E-state index in [4.69, 9.17) is 9.47 Å². The lowest BCUT2D eigenvalue weighted by molar-refractivity contribution is 0.0553. The fraction of sp³-hybridized carbons (Fsp3) is 0.440. The molecule has 1 aliphatic rings. The summed E-state index contributed by atoms with van der Waals surface area (Å²) in [4.78, 5) is 24.9. The second kappa shape index (κ2) is 10.3. The van der Waals surface area contributed by atoms with Gasteiger partial charge in [0.15, 0.2) is 0 Å². The zero-order valence-corrected chi connectivity index (χ0v) is 18.5. The number of methoxy groups -OCH3 is 1. The standard InChI is InChI=1S/C25H32N2O4/c1-18(2)27-24(29)31-20-13-15-25(16-14-20,19-9-5-4-6-10-19)17-26-23(28)21-11-7-8-12-22(21)30-3/h4-12,18,20H,13-17H2,1-3H3,(H,26,28)(H,27,29). The summed E-state index contributed by atoms with van der Waals surface area (Å²) in [6.07, 6.45) is 2.68. The topological polar surface area (TPSA) is 76.7 Å². The molecule has 2 N–H and O–H groups in total. The summed E-state index contributed by atoms with van der Waals surface area (Å²) in [6, 6.07) is 17.5. The molecule has 0 bridgehead atoms. The van der Waals surface area contributed by atoms with Crippen LogP contribution < -0.4 is 15.4 Å². The molecule has 0 heterocycles. The van der Waals surface area contributed by atoms with Crippen molar-refractivity contribution in [2.45, 2.75) is 57.1 Å². The number of carbonyl (C=O) groups excluding carboxylic acids is 2. The molecular weight excluding hydrogens is 392 g/mol. The maximum Gasteiger partial charge on any atom is 0.407 e. The summed E-state index contributed by atoms with van der Waals surface area (Å²) in [5, 5.41) is 5.91. The first-order valence-electron chi connectivity index (χ1n) is 10.9. The van der Waals surface area contributed by atoms with E-state index in [0.717, 1.165) is 25.7 Å². The van der Waals surface area contributed by atoms with Gasteiger partial charge in [0.1, 0.15) is 11.9 Å². The van der Waals surface area contributed by atoms with Gasteiger partial charge in [0.2, 0.25) is 0 Å². The third-order valence-corrected chi connectivity index (χ3v) is 5.90. The van der Waals surface area contributed by atoms with E-state index in [2.05, 4.69) is 22.8 Å². The van der Waals surface area contributed by atoms with Gasteiger partial charge in [-0.15, -0.1) is 0 Å². The van der Waals surface area contributed by atoms with Crippen LogP contribution in [0.5, 0.6) is 5.75 Å². The highest BCUT2D eigenvalue weighted by Crippen LogP contribution is 2.40. The second-order valence-electron chi connectivity index (χ2n) is 8.43. The molecule has 6 nitrogen and oxygen atoms in total. The molecule has 2 aromatic carbocycles. The Bertz CT molecular complexity index is 874. The molecular formula is C25H32N2O4. The molecule has 0 radical (unpaired) electrons. The van der Waals surface area contributed by atoms with E-state index in [0.29, 0.717) is 17.9 Å². The summed E-state index contributed by atoms with van der Waals surface area (Å²) in [5.41, 5.74) is 1.52. The van der Waals surface area contributed by atoms with Crippen molar-refractivity contribution in [2.75, 3.05) is 13.7 Å². The van der Waals surface area contributed by atoms with Crippen LogP contribution >= 0.6 is 0 Å². The van der Waals surface area contributed by atoms with E-state index in [9.17, 15) is 9.59 Å². The Hall–Kier alpha value is -3.02. The van der Waals surface area contributed by atoms with Crippen molar-refractivity contribution in [1.82, 2.24) is 10.6 Å². The van der Waals surface area contributed by atoms with Gasteiger partial charge in [-0.3, -0.25) is 4.79 Å². The van der Waals surface area contributed by atoms with Crippen LogP contribution in [-0.2, 0) is 10.2 Å². The monoisotopic (exact) mass is 424 g/mol. The van der Waals surface area contributed by atoms with E-state index < -0.39 is 0 Å². The van der Waals surface area contributed by atoms with Crippen LogP contribution in [0.1, 0.15) is 55.5 Å². The van der Waals surface area contributed by atoms with Gasteiger partial charge in [-0.2, -0.15) is 0 Å². The molecule has 2 aromatic rings. The van der Waals surface area contributed by atoms with Gasteiger partial charge >= 0.3 is 6.09 Å². The molecule has 0 atom stereocenters. The number of hydrogen-bond acceptors (Lipinski definition) is 4. The molecule has 0 unspecified atom stereocenters. The first kappa shape index (κ1) is 22.7. The van der Waals surface area contributed by atoms with Gasteiger partial charge in [0.05, 0.1) is 12.7 Å². The zero-order chi connectivity index (χ0) is 22.3. The predicted molar refractivity (Wildman–Crippen MR) is 120 cm³/mol. The van der Waals surface area contributed by atoms with E-state index in [-0.39, 0.29) is 29.6 Å². The third kappa shape index (κ3) is 5.78. The fourth-order valence-electron chi connectivity index (χ4n) is 4.22. The second-order valence-corrected chi connectivity index (χ2v) is 8.43. The minimum absolute atomic E-state index is 0.0460. The van der Waals surface area contributed by atoms with Gasteiger partial charge in [0.25, 0.3) is 5.91 Å². The van der Waals surface area contributed by atoms with Crippen LogP contribution in [0.2, 0.25) is 0 Å². The highest BCUT2D eigenvalue weighted by Gasteiger charge is 2.38. The molecule has 0 aromatic heterocycles. The average molecular weight is 425 g/mol. The number of para-hydroxylation sites is 1. The number of carbonyl (C=O) groups is 2. The van der Waals surface area contributed by atoms with Gasteiger partial charge < -0.3 is 20.1 Å². The van der Waals surface area contributed by atoms with Crippen molar-refractivity contribution in [2.24, 2.45) is 0 Å². The molecule has 2 amide bonds. The lowest BCUT2D eigenvalue weighted by Gasteiger charge is -2.40. The minimum atomic E-state index is -0.364. The molecule has 31 heavy (non-hydrogen) atoms. The first-order valence-corrected chi connectivity index (χ1v) is 10.9. The highest BCUT2D eigenvalue weighted by atomic mass is 16.6. The summed E-state index contributed by atoms with van der Waals surface area (Å²) < 4.78 is 10.9. The Morgan fingerprint density at radius 3 is 2.32 bits per heavy atom. The van der Waals surface area contributed by atoms with Crippen molar-refractivity contribution < 1.29 is 19.1 Å². The molecule has 166 valence electrons. The minimum Gasteiger partial charge on any atom is -0.496 e. The summed E-state index contributed by atoms with van der Waals surface area (Å²) in [6.45, 7) is 4.33. The van der Waals surface area contributed by atoms with Crippen molar-refractivity contribution in [3.05, 3.63) is 65.7 Å². The fourth-order valence-corrected chi connectivity index (χ4v) is 4.22. The Morgan fingerprint density at radius 2 is 1.68 bits per heavy atom. The molecule has 3 rings (SSSR count). The van der Waals surface area contributed by atoms with Crippen LogP contribution in [0, 0.1) is 0 Å². The summed E-state index contributed by atoms with van der Waals surface area (Å²) >= 11 is 0. The average Bonchev–Trinajstić information content (AvgIpc) is 2.78. The van der Waals surface area contributed by atoms with Crippen LogP contribution in [-0.4, -0.2) is 37.8 Å². The van der Waals surface area contributed by atoms with E-state index in [1.165, 1.54) is 5.56 Å². The van der Waals surface area contributed by atoms with Crippen molar-refractivity contribution in [3.8, 4) is 5.75 Å². The van der Waals surface area contributed by atoms with E-state index in [1.807, 2.05) is 44.2 Å². The molecule has 1 fully saturated rings. The number of nitrogens with one attached hydrogen (secondary N) is 2. The Balaban J connectivity index is 1.70. The zero-order valence-electron chi connectivity index (χ0n) is 18.5. The highest BCUT2D eigenvalue weighted by molar-refractivity contribution is 5.96. The van der Waals surface area contributed by atoms with Gasteiger partial charge in [-0.25, -0.2) is 4.79 Å². The SMILES string of the molecule is COc1ccccc1C(=O)NCC1(c2ccccc2)CCC(OC(=O)NC(C)C)CC1. The lowest BCUT2D eigenvalue weighted by Crippen LogP contribution is -2.45. The van der Waals surface area contributed by atoms with Crippen LogP contribution in [0.3, 0.4) is 0 Å². The number of amides is 2. The van der Waals surface area contributed by atoms with Crippen LogP contribution in [0.4, 0.5) is 4.79 Å². The summed E-state index contributed by atoms with van der Waals surface area (Å²) in [5.74, 6) is 0.407. The van der Waals surface area contributed by atoms with E-state index in [1.54, 1.807) is 19.2 Å². The van der Waals surface area contributed by atoms with Crippen molar-refractivity contribution in [1.29, 1.82) is 0 Å². The molecule has 0 saturated heterocycles. The van der Waals surface area contributed by atoms with Crippen LogP contribution in [0.25, 0.3) is 0 Å². The number of ether oxygens (including phenoxy) is 2. The van der Waals surface area contributed by atoms with Gasteiger partial charge in [-0.05, 0) is 57.2 Å². The Labute approximate surface area is 184 Å². The summed E-state index contributed by atoms with van der Waals surface area (Å²) in [7, 11) is 1.56. The first-order chi connectivity index (χ1) is 14.9. The molecule has 0 spiro atoms. The Kier molecular flexibility index (Phi) is 7.55. The number of alkyl carbamates (subject to hydrolysis) is 1. The Morgan fingerprint density at radius 1 is 1.03 bits per heavy atom.